The first kappa shape index (κ1) is 16.7. The Bertz CT molecular complexity index is 442. The highest BCUT2D eigenvalue weighted by Crippen LogP contribution is 2.28. The maximum absolute atomic E-state index is 6.10. The molecule has 0 spiro atoms. The van der Waals surface area contributed by atoms with E-state index in [0.29, 0.717) is 5.88 Å². The van der Waals surface area contributed by atoms with Crippen molar-refractivity contribution in [3.05, 3.63) is 11.4 Å². The fourth-order valence-corrected chi connectivity index (χ4v) is 1.62. The van der Waals surface area contributed by atoms with E-state index in [4.69, 9.17) is 4.74 Å². The van der Waals surface area contributed by atoms with Crippen LogP contribution in [0.3, 0.4) is 0 Å². The maximum Gasteiger partial charge on any atom is 0.222 e. The summed E-state index contributed by atoms with van der Waals surface area (Å²) in [6.45, 7) is 15.6. The number of aromatic nitrogens is 2. The molecule has 1 aromatic rings. The molecular weight excluding hydrogens is 250 g/mol. The monoisotopic (exact) mass is 279 g/mol. The Morgan fingerprint density at radius 3 is 2.35 bits per heavy atom. The predicted molar refractivity (Wildman–Crippen MR) is 84.6 cm³/mol. The molecule has 4 heteroatoms. The van der Waals surface area contributed by atoms with Gasteiger partial charge in [0.1, 0.15) is 17.2 Å². The molecule has 0 aliphatic rings. The molecule has 0 amide bonds. The van der Waals surface area contributed by atoms with Gasteiger partial charge in [0.2, 0.25) is 5.88 Å². The van der Waals surface area contributed by atoms with Gasteiger partial charge in [-0.15, -0.1) is 0 Å². The highest BCUT2D eigenvalue weighted by atomic mass is 16.5. The molecule has 0 bridgehead atoms. The van der Waals surface area contributed by atoms with E-state index in [1.165, 1.54) is 0 Å². The Balaban J connectivity index is 3.17. The minimum Gasteiger partial charge on any atom is -0.471 e. The van der Waals surface area contributed by atoms with E-state index >= 15 is 0 Å². The topological polar surface area (TPSA) is 47.0 Å². The van der Waals surface area contributed by atoms with Crippen molar-refractivity contribution < 1.29 is 4.74 Å². The summed E-state index contributed by atoms with van der Waals surface area (Å²) in [4.78, 5) is 9.22. The number of hydrogen-bond donors (Lipinski definition) is 1. The van der Waals surface area contributed by atoms with E-state index in [9.17, 15) is 0 Å². The highest BCUT2D eigenvalue weighted by Gasteiger charge is 2.21. The predicted octanol–water partition coefficient (Wildman–Crippen LogP) is 4.30. The Morgan fingerprint density at radius 1 is 1.20 bits per heavy atom. The van der Waals surface area contributed by atoms with Crippen LogP contribution in [0.5, 0.6) is 5.88 Å². The molecule has 0 atom stereocenters. The van der Waals surface area contributed by atoms with Crippen LogP contribution in [0.15, 0.2) is 0 Å². The average Bonchev–Trinajstić information content (AvgIpc) is 2.39. The molecule has 4 nitrogen and oxygen atoms in total. The number of anilines is 1. The van der Waals surface area contributed by atoms with Gasteiger partial charge in [-0.05, 0) is 33.6 Å². The van der Waals surface area contributed by atoms with Gasteiger partial charge in [0.05, 0.1) is 5.56 Å². The van der Waals surface area contributed by atoms with Crippen molar-refractivity contribution in [1.82, 2.24) is 9.97 Å². The second kappa shape index (κ2) is 6.91. The number of nitrogens with zero attached hydrogens (tertiary/aromatic N) is 2. The summed E-state index contributed by atoms with van der Waals surface area (Å²) in [5.41, 5.74) is 0.777. The smallest absolute Gasteiger partial charge is 0.222 e. The third-order valence-electron chi connectivity index (χ3n) is 3.40. The van der Waals surface area contributed by atoms with Gasteiger partial charge in [0, 0.05) is 12.5 Å². The lowest BCUT2D eigenvalue weighted by atomic mass is 10.1. The fourth-order valence-electron chi connectivity index (χ4n) is 1.62. The largest absolute Gasteiger partial charge is 0.471 e. The standard InChI is InChI=1S/C16H29N3O/c1-8-10-17-14-12(5)15(20-16(6,7)9-2)19-13(18-14)11(3)4/h11H,8-10H2,1-7H3,(H,17,18,19). The van der Waals surface area contributed by atoms with E-state index < -0.39 is 0 Å². The summed E-state index contributed by atoms with van der Waals surface area (Å²) in [6.07, 6.45) is 2.00. The first-order valence-corrected chi connectivity index (χ1v) is 7.62. The van der Waals surface area contributed by atoms with Crippen LogP contribution in [0.4, 0.5) is 5.82 Å². The van der Waals surface area contributed by atoms with Gasteiger partial charge in [-0.25, -0.2) is 4.98 Å². The minimum atomic E-state index is -0.213. The normalized spacial score (nSPS) is 11.8. The maximum atomic E-state index is 6.10. The van der Waals surface area contributed by atoms with Gasteiger partial charge in [0.25, 0.3) is 0 Å². The SMILES string of the molecule is CCCNc1nc(C(C)C)nc(OC(C)(C)CC)c1C. The molecule has 1 N–H and O–H groups in total. The Morgan fingerprint density at radius 2 is 1.85 bits per heavy atom. The molecule has 0 fully saturated rings. The third kappa shape index (κ3) is 4.36. The van der Waals surface area contributed by atoms with Crippen LogP contribution in [-0.2, 0) is 0 Å². The van der Waals surface area contributed by atoms with Crippen molar-refractivity contribution in [2.24, 2.45) is 0 Å². The highest BCUT2D eigenvalue weighted by molar-refractivity contribution is 5.49. The van der Waals surface area contributed by atoms with Crippen LogP contribution in [0.25, 0.3) is 0 Å². The Kier molecular flexibility index (Phi) is 5.78. The molecule has 0 aliphatic carbocycles. The van der Waals surface area contributed by atoms with Gasteiger partial charge in [-0.3, -0.25) is 0 Å². The average molecular weight is 279 g/mol. The lowest BCUT2D eigenvalue weighted by Crippen LogP contribution is -2.28. The minimum absolute atomic E-state index is 0.213. The van der Waals surface area contributed by atoms with E-state index in [-0.39, 0.29) is 11.5 Å². The fraction of sp³-hybridized carbons (Fsp3) is 0.750. The van der Waals surface area contributed by atoms with Gasteiger partial charge in [-0.2, -0.15) is 4.98 Å². The van der Waals surface area contributed by atoms with Crippen molar-refractivity contribution in [2.45, 2.75) is 72.8 Å². The molecule has 1 rings (SSSR count). The van der Waals surface area contributed by atoms with Crippen LogP contribution in [0.2, 0.25) is 0 Å². The van der Waals surface area contributed by atoms with Crippen LogP contribution in [-0.4, -0.2) is 22.1 Å². The first-order chi connectivity index (χ1) is 9.30. The van der Waals surface area contributed by atoms with Crippen molar-refractivity contribution in [2.75, 3.05) is 11.9 Å². The van der Waals surface area contributed by atoms with E-state index in [1.54, 1.807) is 0 Å². The zero-order chi connectivity index (χ0) is 15.3. The van der Waals surface area contributed by atoms with Crippen LogP contribution >= 0.6 is 0 Å². The van der Waals surface area contributed by atoms with E-state index in [0.717, 1.165) is 36.6 Å². The first-order valence-electron chi connectivity index (χ1n) is 7.62. The summed E-state index contributed by atoms with van der Waals surface area (Å²) in [5.74, 6) is 2.71. The zero-order valence-corrected chi connectivity index (χ0v) is 14.0. The molecular formula is C16H29N3O. The molecule has 0 aliphatic heterocycles. The summed E-state index contributed by atoms with van der Waals surface area (Å²) in [5, 5.41) is 3.37. The quantitative estimate of drug-likeness (QED) is 0.808. The lowest BCUT2D eigenvalue weighted by molar-refractivity contribution is 0.0974. The van der Waals surface area contributed by atoms with Crippen LogP contribution in [0, 0.1) is 6.92 Å². The molecule has 1 aromatic heterocycles. The molecule has 0 unspecified atom stereocenters. The van der Waals surface area contributed by atoms with Crippen molar-refractivity contribution in [3.63, 3.8) is 0 Å². The van der Waals surface area contributed by atoms with Gasteiger partial charge < -0.3 is 10.1 Å². The molecule has 114 valence electrons. The van der Waals surface area contributed by atoms with Crippen LogP contribution < -0.4 is 10.1 Å². The second-order valence-electron chi connectivity index (χ2n) is 6.16. The van der Waals surface area contributed by atoms with E-state index in [2.05, 4.69) is 56.8 Å². The van der Waals surface area contributed by atoms with Crippen LogP contribution in [0.1, 0.15) is 71.7 Å². The second-order valence-corrected chi connectivity index (χ2v) is 6.16. The number of hydrogen-bond acceptors (Lipinski definition) is 4. The summed E-state index contributed by atoms with van der Waals surface area (Å²) in [6, 6.07) is 0. The van der Waals surface area contributed by atoms with Crippen molar-refractivity contribution >= 4 is 5.82 Å². The molecule has 20 heavy (non-hydrogen) atoms. The molecule has 0 radical (unpaired) electrons. The van der Waals surface area contributed by atoms with Crippen molar-refractivity contribution in [3.8, 4) is 5.88 Å². The van der Waals surface area contributed by atoms with Gasteiger partial charge in [-0.1, -0.05) is 27.7 Å². The number of ether oxygens (including phenoxy) is 1. The zero-order valence-electron chi connectivity index (χ0n) is 14.0. The van der Waals surface area contributed by atoms with E-state index in [1.807, 2.05) is 6.92 Å². The summed E-state index contributed by atoms with van der Waals surface area (Å²) in [7, 11) is 0. The number of rotatable bonds is 7. The Hall–Kier alpha value is -1.32. The molecule has 0 aromatic carbocycles. The summed E-state index contributed by atoms with van der Waals surface area (Å²) >= 11 is 0. The number of nitrogens with one attached hydrogen (secondary N) is 1. The third-order valence-corrected chi connectivity index (χ3v) is 3.40. The van der Waals surface area contributed by atoms with Gasteiger partial charge in [0.15, 0.2) is 0 Å². The molecule has 0 saturated heterocycles. The molecule has 1 heterocycles. The summed E-state index contributed by atoms with van der Waals surface area (Å²) < 4.78 is 6.10. The van der Waals surface area contributed by atoms with Gasteiger partial charge >= 0.3 is 0 Å². The lowest BCUT2D eigenvalue weighted by Gasteiger charge is -2.26. The van der Waals surface area contributed by atoms with Crippen molar-refractivity contribution in [1.29, 1.82) is 0 Å². The Labute approximate surface area is 123 Å². The molecule has 0 saturated carbocycles.